The lowest BCUT2D eigenvalue weighted by Gasteiger charge is -2.11. The number of fused-ring (bicyclic) bond motifs is 1. The molecule has 4 nitrogen and oxygen atoms in total. The van der Waals surface area contributed by atoms with E-state index in [-0.39, 0.29) is 0 Å². The molecule has 25 heavy (non-hydrogen) atoms. The monoisotopic (exact) mass is 421 g/mol. The van der Waals surface area contributed by atoms with Gasteiger partial charge in [-0.1, -0.05) is 28.1 Å². The highest BCUT2D eigenvalue weighted by Gasteiger charge is 2.28. The van der Waals surface area contributed by atoms with E-state index in [1.54, 1.807) is 6.07 Å². The Hall–Kier alpha value is -1.63. The van der Waals surface area contributed by atoms with Gasteiger partial charge in [-0.25, -0.2) is 8.42 Å². The molecule has 2 aromatic rings. The summed E-state index contributed by atoms with van der Waals surface area (Å²) >= 11 is 3.40. The van der Waals surface area contributed by atoms with E-state index in [0.29, 0.717) is 17.3 Å². The minimum absolute atomic E-state index is 0.315. The zero-order chi connectivity index (χ0) is 18.0. The number of ether oxygens (including phenoxy) is 1. The van der Waals surface area contributed by atoms with E-state index in [1.807, 2.05) is 50.5 Å². The molecule has 0 fully saturated rings. The van der Waals surface area contributed by atoms with E-state index in [9.17, 15) is 8.42 Å². The summed E-state index contributed by atoms with van der Waals surface area (Å²) in [5.41, 5.74) is 2.33. The standard InChI is InChI=1S/C19H20BrNO3S/c1-21(2)10-3-11-24-16-8-9-17-18(13-25(22,23)19(17)12-16)14-4-6-15(20)7-5-14/h4-9,12-13H,3,10-11H2,1-2H3. The van der Waals surface area contributed by atoms with Gasteiger partial charge in [0.15, 0.2) is 0 Å². The Morgan fingerprint density at radius 3 is 2.48 bits per heavy atom. The smallest absolute Gasteiger partial charge is 0.201 e. The second kappa shape index (κ2) is 7.32. The van der Waals surface area contributed by atoms with Crippen LogP contribution in [0.4, 0.5) is 0 Å². The Morgan fingerprint density at radius 1 is 1.08 bits per heavy atom. The minimum atomic E-state index is -3.44. The molecule has 1 heterocycles. The molecule has 0 atom stereocenters. The van der Waals surface area contributed by atoms with Gasteiger partial charge in [-0.15, -0.1) is 0 Å². The van der Waals surface area contributed by atoms with E-state index >= 15 is 0 Å². The van der Waals surface area contributed by atoms with Crippen LogP contribution in [-0.4, -0.2) is 40.6 Å². The van der Waals surface area contributed by atoms with Gasteiger partial charge < -0.3 is 9.64 Å². The predicted molar refractivity (Wildman–Crippen MR) is 104 cm³/mol. The normalized spacial score (nSPS) is 15.1. The second-order valence-corrected chi connectivity index (χ2v) is 8.93. The van der Waals surface area contributed by atoms with Crippen LogP contribution in [0.25, 0.3) is 5.57 Å². The van der Waals surface area contributed by atoms with Crippen molar-refractivity contribution >= 4 is 31.3 Å². The maximum absolute atomic E-state index is 12.5. The van der Waals surface area contributed by atoms with Crippen molar-refractivity contribution in [2.75, 3.05) is 27.2 Å². The molecule has 0 N–H and O–H groups in total. The molecule has 132 valence electrons. The molecule has 0 saturated carbocycles. The summed E-state index contributed by atoms with van der Waals surface area (Å²) in [7, 11) is 0.581. The third-order valence-electron chi connectivity index (χ3n) is 4.00. The molecule has 1 aliphatic rings. The molecule has 6 heteroatoms. The number of nitrogens with zero attached hydrogens (tertiary/aromatic N) is 1. The highest BCUT2D eigenvalue weighted by Crippen LogP contribution is 2.39. The molecule has 0 radical (unpaired) electrons. The summed E-state index contributed by atoms with van der Waals surface area (Å²) in [6.07, 6.45) is 0.888. The summed E-state index contributed by atoms with van der Waals surface area (Å²) in [4.78, 5) is 2.40. The van der Waals surface area contributed by atoms with Crippen molar-refractivity contribution in [3.8, 4) is 5.75 Å². The quantitative estimate of drug-likeness (QED) is 0.662. The lowest BCUT2D eigenvalue weighted by molar-refractivity contribution is 0.281. The Balaban J connectivity index is 1.84. The number of hydrogen-bond donors (Lipinski definition) is 0. The van der Waals surface area contributed by atoms with E-state index in [1.165, 1.54) is 5.41 Å². The van der Waals surface area contributed by atoms with E-state index in [0.717, 1.165) is 34.1 Å². The van der Waals surface area contributed by atoms with Crippen molar-refractivity contribution in [1.29, 1.82) is 0 Å². The fourth-order valence-corrected chi connectivity index (χ4v) is 4.49. The zero-order valence-electron chi connectivity index (χ0n) is 14.2. The van der Waals surface area contributed by atoms with E-state index < -0.39 is 9.84 Å². The summed E-state index contributed by atoms with van der Waals surface area (Å²) in [5, 5.41) is 1.34. The molecule has 2 aromatic carbocycles. The third-order valence-corrected chi connectivity index (χ3v) is 6.02. The predicted octanol–water partition coefficient (Wildman–Crippen LogP) is 3.96. The van der Waals surface area contributed by atoms with Crippen LogP contribution in [0.15, 0.2) is 57.2 Å². The van der Waals surface area contributed by atoms with Crippen molar-refractivity contribution < 1.29 is 13.2 Å². The van der Waals surface area contributed by atoms with Gasteiger partial charge in [-0.05, 0) is 56.4 Å². The number of rotatable bonds is 6. The first kappa shape index (κ1) is 18.2. The zero-order valence-corrected chi connectivity index (χ0v) is 16.6. The van der Waals surface area contributed by atoms with Gasteiger partial charge in [0.25, 0.3) is 0 Å². The first-order chi connectivity index (χ1) is 11.9. The van der Waals surface area contributed by atoms with Crippen molar-refractivity contribution in [3.63, 3.8) is 0 Å². The molecular weight excluding hydrogens is 402 g/mol. The molecule has 0 aromatic heterocycles. The molecule has 0 bridgehead atoms. The highest BCUT2D eigenvalue weighted by molar-refractivity contribution is 9.10. The SMILES string of the molecule is CN(C)CCCOc1ccc2c(c1)S(=O)(=O)C=C2c1ccc(Br)cc1. The topological polar surface area (TPSA) is 46.6 Å². The molecule has 0 unspecified atom stereocenters. The lowest BCUT2D eigenvalue weighted by Crippen LogP contribution is -2.15. The van der Waals surface area contributed by atoms with Gasteiger partial charge >= 0.3 is 0 Å². The van der Waals surface area contributed by atoms with Crippen LogP contribution in [0.3, 0.4) is 0 Å². The minimum Gasteiger partial charge on any atom is -0.494 e. The lowest BCUT2D eigenvalue weighted by atomic mass is 10.00. The fourth-order valence-electron chi connectivity index (χ4n) is 2.76. The highest BCUT2D eigenvalue weighted by atomic mass is 79.9. The summed E-state index contributed by atoms with van der Waals surface area (Å²) in [5.74, 6) is 0.589. The Kier molecular flexibility index (Phi) is 5.32. The van der Waals surface area contributed by atoms with Gasteiger partial charge in [0, 0.05) is 27.6 Å². The summed E-state index contributed by atoms with van der Waals surface area (Å²) in [6.45, 7) is 1.49. The first-order valence-electron chi connectivity index (χ1n) is 8.01. The fraction of sp³-hybridized carbons (Fsp3) is 0.263. The average molecular weight is 422 g/mol. The van der Waals surface area contributed by atoms with Gasteiger partial charge in [-0.3, -0.25) is 0 Å². The molecule has 0 amide bonds. The number of halogens is 1. The van der Waals surface area contributed by atoms with Gasteiger partial charge in [-0.2, -0.15) is 0 Å². The van der Waals surface area contributed by atoms with Gasteiger partial charge in [0.05, 0.1) is 11.5 Å². The van der Waals surface area contributed by atoms with Crippen LogP contribution in [-0.2, 0) is 9.84 Å². The van der Waals surface area contributed by atoms with Crippen LogP contribution in [0.1, 0.15) is 17.5 Å². The Bertz CT molecular complexity index is 903. The summed E-state index contributed by atoms with van der Waals surface area (Å²) in [6, 6.07) is 12.9. The van der Waals surface area contributed by atoms with Crippen LogP contribution in [0.5, 0.6) is 5.75 Å². The summed E-state index contributed by atoms with van der Waals surface area (Å²) < 4.78 is 31.7. The van der Waals surface area contributed by atoms with E-state index in [4.69, 9.17) is 4.74 Å². The number of hydrogen-bond acceptors (Lipinski definition) is 4. The van der Waals surface area contributed by atoms with Gasteiger partial charge in [0.2, 0.25) is 9.84 Å². The van der Waals surface area contributed by atoms with Crippen LogP contribution >= 0.6 is 15.9 Å². The maximum atomic E-state index is 12.5. The van der Waals surface area contributed by atoms with Gasteiger partial charge in [0.1, 0.15) is 5.75 Å². The molecule has 0 spiro atoms. The Morgan fingerprint density at radius 2 is 1.80 bits per heavy atom. The molecular formula is C19H20BrNO3S. The molecule has 1 aliphatic heterocycles. The molecule has 3 rings (SSSR count). The second-order valence-electron chi connectivity index (χ2n) is 6.25. The Labute approximate surface area is 157 Å². The number of sulfone groups is 1. The number of benzene rings is 2. The largest absolute Gasteiger partial charge is 0.494 e. The first-order valence-corrected chi connectivity index (χ1v) is 10.4. The van der Waals surface area contributed by atoms with Crippen LogP contribution < -0.4 is 4.74 Å². The molecule has 0 saturated heterocycles. The third kappa shape index (κ3) is 4.14. The van der Waals surface area contributed by atoms with Crippen molar-refractivity contribution in [2.45, 2.75) is 11.3 Å². The van der Waals surface area contributed by atoms with E-state index in [2.05, 4.69) is 20.8 Å². The molecule has 0 aliphatic carbocycles. The van der Waals surface area contributed by atoms with Crippen molar-refractivity contribution in [2.24, 2.45) is 0 Å². The van der Waals surface area contributed by atoms with Crippen LogP contribution in [0, 0.1) is 0 Å². The maximum Gasteiger partial charge on any atom is 0.201 e. The van der Waals surface area contributed by atoms with Crippen molar-refractivity contribution in [3.05, 3.63) is 63.5 Å². The van der Waals surface area contributed by atoms with Crippen molar-refractivity contribution in [1.82, 2.24) is 4.90 Å². The van der Waals surface area contributed by atoms with Crippen LogP contribution in [0.2, 0.25) is 0 Å². The average Bonchev–Trinajstić information content (AvgIpc) is 2.83.